The molecule has 0 bridgehead atoms. The van der Waals surface area contributed by atoms with Crippen molar-refractivity contribution in [2.75, 3.05) is 6.79 Å². The van der Waals surface area contributed by atoms with Crippen LogP contribution in [0.2, 0.25) is 0 Å². The van der Waals surface area contributed by atoms with E-state index in [0.717, 1.165) is 56.8 Å². The van der Waals surface area contributed by atoms with E-state index in [9.17, 15) is 0 Å². The van der Waals surface area contributed by atoms with Crippen LogP contribution in [0, 0.1) is 13.8 Å². The maximum absolute atomic E-state index is 5.97. The molecule has 0 amide bonds. The Labute approximate surface area is 200 Å². The van der Waals surface area contributed by atoms with Crippen molar-refractivity contribution in [2.45, 2.75) is 44.8 Å². The molecule has 2 aromatic heterocycles. The molecule has 0 spiro atoms. The summed E-state index contributed by atoms with van der Waals surface area (Å²) < 4.78 is 18.9. The number of thioether (sulfide) groups is 1. The van der Waals surface area contributed by atoms with Gasteiger partial charge in [0.05, 0.1) is 5.69 Å². The van der Waals surface area contributed by atoms with E-state index >= 15 is 0 Å². The Kier molecular flexibility index (Phi) is 6.24. The second-order valence-electron chi connectivity index (χ2n) is 7.68. The Hall–Kier alpha value is -3.04. The molecule has 3 heterocycles. The lowest BCUT2D eigenvalue weighted by Gasteiger charge is -2.10. The fourth-order valence-corrected chi connectivity index (χ4v) is 5.31. The molecule has 170 valence electrons. The molecule has 9 heteroatoms. The van der Waals surface area contributed by atoms with E-state index in [1.807, 2.05) is 24.3 Å². The third-order valence-corrected chi connectivity index (χ3v) is 7.42. The van der Waals surface area contributed by atoms with Gasteiger partial charge < -0.3 is 18.8 Å². The summed E-state index contributed by atoms with van der Waals surface area (Å²) in [5.74, 6) is 3.93. The van der Waals surface area contributed by atoms with Gasteiger partial charge in [0.25, 0.3) is 0 Å². The number of hydrogen-bond acceptors (Lipinski definition) is 8. The fourth-order valence-electron chi connectivity index (χ4n) is 3.48. The van der Waals surface area contributed by atoms with Crippen molar-refractivity contribution < 1.29 is 14.2 Å². The molecule has 2 aromatic carbocycles. The van der Waals surface area contributed by atoms with Gasteiger partial charge in [-0.1, -0.05) is 17.8 Å². The van der Waals surface area contributed by atoms with Crippen molar-refractivity contribution in [3.63, 3.8) is 0 Å². The fraction of sp³-hybridized carbons (Fsp3) is 0.292. The molecule has 0 unspecified atom stereocenters. The number of thiazole rings is 1. The summed E-state index contributed by atoms with van der Waals surface area (Å²) in [7, 11) is 0. The lowest BCUT2D eigenvalue weighted by molar-refractivity contribution is 0.174. The molecule has 0 saturated heterocycles. The van der Waals surface area contributed by atoms with Gasteiger partial charge in [-0.05, 0) is 62.2 Å². The Morgan fingerprint density at radius 3 is 2.79 bits per heavy atom. The Balaban J connectivity index is 1.23. The number of hydrogen-bond donors (Lipinski definition) is 0. The maximum atomic E-state index is 5.97. The van der Waals surface area contributed by atoms with Gasteiger partial charge in [-0.15, -0.1) is 21.5 Å². The highest BCUT2D eigenvalue weighted by molar-refractivity contribution is 7.98. The quantitative estimate of drug-likeness (QED) is 0.302. The summed E-state index contributed by atoms with van der Waals surface area (Å²) in [5.41, 5.74) is 4.50. The zero-order chi connectivity index (χ0) is 22.8. The van der Waals surface area contributed by atoms with Crippen molar-refractivity contribution in [1.82, 2.24) is 19.7 Å². The zero-order valence-electron chi connectivity index (χ0n) is 18.7. The normalized spacial score (nSPS) is 12.3. The highest BCUT2D eigenvalue weighted by Gasteiger charge is 2.16. The third-order valence-electron chi connectivity index (χ3n) is 5.48. The van der Waals surface area contributed by atoms with E-state index in [0.29, 0.717) is 6.61 Å². The lowest BCUT2D eigenvalue weighted by Crippen LogP contribution is -2.07. The van der Waals surface area contributed by atoms with Gasteiger partial charge in [0.2, 0.25) is 6.79 Å². The van der Waals surface area contributed by atoms with E-state index in [1.54, 1.807) is 23.1 Å². The minimum atomic E-state index is 0.272. The lowest BCUT2D eigenvalue weighted by atomic mass is 10.1. The third kappa shape index (κ3) is 4.69. The Morgan fingerprint density at radius 1 is 1.06 bits per heavy atom. The number of aromatic nitrogens is 4. The number of aryl methyl sites for hydroxylation is 2. The van der Waals surface area contributed by atoms with Crippen LogP contribution >= 0.6 is 23.1 Å². The monoisotopic (exact) mass is 480 g/mol. The minimum Gasteiger partial charge on any atom is -0.486 e. The molecule has 0 atom stereocenters. The standard InChI is InChI=1S/C24H24N4O3S2/c1-4-28-22(11-29-19-7-5-15(2)16(3)9-19)26-27-24(28)33-13-18-12-32-23(25-18)17-6-8-20-21(10-17)31-14-30-20/h5-10,12H,4,11,13-14H2,1-3H3. The first kappa shape index (κ1) is 21.8. The topological polar surface area (TPSA) is 71.3 Å². The van der Waals surface area contributed by atoms with E-state index in [4.69, 9.17) is 19.2 Å². The van der Waals surface area contributed by atoms with Crippen LogP contribution in [0.15, 0.2) is 46.9 Å². The summed E-state index contributed by atoms with van der Waals surface area (Å²) >= 11 is 3.26. The van der Waals surface area contributed by atoms with Gasteiger partial charge in [0, 0.05) is 23.2 Å². The molecular weight excluding hydrogens is 456 g/mol. The number of fused-ring (bicyclic) bond motifs is 1. The molecular formula is C24H24N4O3S2. The SMILES string of the molecule is CCn1c(COc2ccc(C)c(C)c2)nnc1SCc1csc(-c2ccc3c(c2)OCO3)n1. The molecule has 0 N–H and O–H groups in total. The molecule has 1 aliphatic rings. The molecule has 0 fully saturated rings. The summed E-state index contributed by atoms with van der Waals surface area (Å²) in [6.45, 7) is 7.70. The van der Waals surface area contributed by atoms with Crippen molar-refractivity contribution in [2.24, 2.45) is 0 Å². The molecule has 0 saturated carbocycles. The zero-order valence-corrected chi connectivity index (χ0v) is 20.3. The molecule has 7 nitrogen and oxygen atoms in total. The van der Waals surface area contributed by atoms with Crippen LogP contribution in [0.4, 0.5) is 0 Å². The van der Waals surface area contributed by atoms with Crippen LogP contribution < -0.4 is 14.2 Å². The highest BCUT2D eigenvalue weighted by atomic mass is 32.2. The van der Waals surface area contributed by atoms with Crippen LogP contribution in [-0.4, -0.2) is 26.5 Å². The van der Waals surface area contributed by atoms with Crippen molar-refractivity contribution in [3.8, 4) is 27.8 Å². The average Bonchev–Trinajstić information content (AvgIpc) is 3.57. The van der Waals surface area contributed by atoms with Gasteiger partial charge in [-0.2, -0.15) is 0 Å². The predicted octanol–water partition coefficient (Wildman–Crippen LogP) is 5.64. The smallest absolute Gasteiger partial charge is 0.231 e. The van der Waals surface area contributed by atoms with Crippen LogP contribution in [-0.2, 0) is 18.9 Å². The van der Waals surface area contributed by atoms with E-state index in [2.05, 4.69) is 53.0 Å². The Morgan fingerprint density at radius 2 is 1.94 bits per heavy atom. The maximum Gasteiger partial charge on any atom is 0.231 e. The van der Waals surface area contributed by atoms with Crippen LogP contribution in [0.1, 0.15) is 29.6 Å². The number of rotatable bonds is 8. The Bertz CT molecular complexity index is 1280. The van der Waals surface area contributed by atoms with Gasteiger partial charge in [-0.3, -0.25) is 0 Å². The molecule has 0 aliphatic carbocycles. The number of benzene rings is 2. The summed E-state index contributed by atoms with van der Waals surface area (Å²) in [4.78, 5) is 4.79. The minimum absolute atomic E-state index is 0.272. The van der Waals surface area contributed by atoms with Crippen molar-refractivity contribution >= 4 is 23.1 Å². The highest BCUT2D eigenvalue weighted by Crippen LogP contribution is 2.37. The molecule has 1 aliphatic heterocycles. The van der Waals surface area contributed by atoms with Crippen LogP contribution in [0.25, 0.3) is 10.6 Å². The first-order valence-corrected chi connectivity index (χ1v) is 12.6. The second-order valence-corrected chi connectivity index (χ2v) is 9.48. The van der Waals surface area contributed by atoms with Gasteiger partial charge >= 0.3 is 0 Å². The summed E-state index contributed by atoms with van der Waals surface area (Å²) in [6, 6.07) is 12.0. The number of nitrogens with zero attached hydrogens (tertiary/aromatic N) is 4. The van der Waals surface area contributed by atoms with E-state index in [1.165, 1.54) is 11.1 Å². The van der Waals surface area contributed by atoms with Gasteiger partial charge in [0.1, 0.15) is 17.4 Å². The molecule has 0 radical (unpaired) electrons. The molecule has 5 rings (SSSR count). The summed E-state index contributed by atoms with van der Waals surface area (Å²) in [5, 5.41) is 12.7. The van der Waals surface area contributed by atoms with Crippen molar-refractivity contribution in [1.29, 1.82) is 0 Å². The first-order chi connectivity index (χ1) is 16.1. The first-order valence-electron chi connectivity index (χ1n) is 10.7. The number of ether oxygens (including phenoxy) is 3. The molecule has 4 aromatic rings. The van der Waals surface area contributed by atoms with Crippen molar-refractivity contribution in [3.05, 3.63) is 64.4 Å². The van der Waals surface area contributed by atoms with Crippen LogP contribution in [0.5, 0.6) is 17.2 Å². The van der Waals surface area contributed by atoms with Crippen LogP contribution in [0.3, 0.4) is 0 Å². The van der Waals surface area contributed by atoms with E-state index in [-0.39, 0.29) is 6.79 Å². The molecule has 33 heavy (non-hydrogen) atoms. The largest absolute Gasteiger partial charge is 0.486 e. The van der Waals surface area contributed by atoms with Gasteiger partial charge in [-0.25, -0.2) is 4.98 Å². The van der Waals surface area contributed by atoms with E-state index < -0.39 is 0 Å². The summed E-state index contributed by atoms with van der Waals surface area (Å²) in [6.07, 6.45) is 0. The predicted molar refractivity (Wildman–Crippen MR) is 129 cm³/mol. The average molecular weight is 481 g/mol. The van der Waals surface area contributed by atoms with Gasteiger partial charge in [0.15, 0.2) is 22.5 Å². The second kappa shape index (κ2) is 9.44.